The topological polar surface area (TPSA) is 216 Å². The molecule has 13 nitrogen and oxygen atoms in total. The molecule has 2 aliphatic carbocycles. The summed E-state index contributed by atoms with van der Waals surface area (Å²) in [5, 5.41) is 79.9. The first kappa shape index (κ1) is 36.6. The molecule has 4 fully saturated rings. The van der Waals surface area contributed by atoms with Gasteiger partial charge in [0, 0.05) is 0 Å². The van der Waals surface area contributed by atoms with Crippen LogP contribution in [0, 0.1) is 28.6 Å². The smallest absolute Gasteiger partial charge is 0.314 e. The summed E-state index contributed by atoms with van der Waals surface area (Å²) < 4.78 is 22.3. The predicted molar refractivity (Wildman–Crippen MR) is 158 cm³/mol. The Labute approximate surface area is 264 Å². The molecule has 8 N–H and O–H groups in total. The molecule has 0 aromatic rings. The van der Waals surface area contributed by atoms with Crippen LogP contribution in [0.5, 0.6) is 0 Å². The first-order valence-corrected chi connectivity index (χ1v) is 16.3. The fourth-order valence-electron chi connectivity index (χ4n) is 8.32. The Morgan fingerprint density at radius 3 is 2.07 bits per heavy atom. The lowest BCUT2D eigenvalue weighted by Crippen LogP contribution is -2.61. The Bertz CT molecular complexity index is 1010. The highest BCUT2D eigenvalue weighted by molar-refractivity contribution is 5.77. The summed E-state index contributed by atoms with van der Waals surface area (Å²) in [6.07, 6.45) is -7.87. The Hall–Kier alpha value is -1.23. The van der Waals surface area contributed by atoms with E-state index in [2.05, 4.69) is 20.4 Å². The third-order valence-electron chi connectivity index (χ3n) is 11.2. The molecular weight excluding hydrogens is 592 g/mol. The zero-order valence-corrected chi connectivity index (χ0v) is 26.6. The molecule has 2 saturated carbocycles. The molecule has 2 saturated heterocycles. The largest absolute Gasteiger partial charge is 0.432 e. The van der Waals surface area contributed by atoms with Crippen molar-refractivity contribution in [2.24, 2.45) is 28.6 Å². The number of hydrogen-bond acceptors (Lipinski definition) is 13. The highest BCUT2D eigenvalue weighted by atomic mass is 16.7. The van der Waals surface area contributed by atoms with E-state index in [1.54, 1.807) is 0 Å². The number of carbonyl (C=O) groups excluding carboxylic acids is 1. The van der Waals surface area contributed by atoms with Crippen LogP contribution in [0.2, 0.25) is 0 Å². The molecule has 4 rings (SSSR count). The van der Waals surface area contributed by atoms with Gasteiger partial charge in [0.2, 0.25) is 6.29 Å². The number of aliphatic hydroxyl groups excluding tert-OH is 8. The van der Waals surface area contributed by atoms with Gasteiger partial charge in [0.1, 0.15) is 48.8 Å². The predicted octanol–water partition coefficient (Wildman–Crippen LogP) is -0.269. The Balaban J connectivity index is 1.36. The molecule has 2 heterocycles. The summed E-state index contributed by atoms with van der Waals surface area (Å²) in [7, 11) is 0. The lowest BCUT2D eigenvalue weighted by molar-refractivity contribution is -0.301. The standard InChI is InChI=1S/C32H54O13/c1-16(10-13-42-28-26(39)24(37)22(35)19(14-33)43-28)6-8-18-17(2)7-9-21-31(18,3)11-5-12-32(21,4)30(41)45-29-27(40)25(38)23(36)20(15-34)44-29/h16,18-29,33-40H,2,5-15H2,1,3-4H3. The van der Waals surface area contributed by atoms with Crippen molar-refractivity contribution in [3.63, 3.8) is 0 Å². The van der Waals surface area contributed by atoms with Gasteiger partial charge in [-0.3, -0.25) is 4.79 Å². The van der Waals surface area contributed by atoms with Crippen LogP contribution in [0.4, 0.5) is 0 Å². The number of allylic oxidation sites excluding steroid dienone is 1. The molecular formula is C32H54O13. The minimum Gasteiger partial charge on any atom is -0.432 e. The number of esters is 1. The highest BCUT2D eigenvalue weighted by Gasteiger charge is 2.59. The van der Waals surface area contributed by atoms with E-state index in [1.165, 1.54) is 0 Å². The number of aliphatic hydroxyl groups is 8. The number of ether oxygens (including phenoxy) is 4. The molecule has 45 heavy (non-hydrogen) atoms. The number of hydrogen-bond donors (Lipinski definition) is 8. The third kappa shape index (κ3) is 7.29. The van der Waals surface area contributed by atoms with Crippen molar-refractivity contribution in [2.75, 3.05) is 19.8 Å². The fraction of sp³-hybridized carbons (Fsp3) is 0.906. The first-order chi connectivity index (χ1) is 21.2. The van der Waals surface area contributed by atoms with Crippen LogP contribution >= 0.6 is 0 Å². The molecule has 0 aromatic carbocycles. The van der Waals surface area contributed by atoms with Crippen molar-refractivity contribution in [1.29, 1.82) is 0 Å². The van der Waals surface area contributed by atoms with Gasteiger partial charge in [0.05, 0.1) is 25.2 Å². The van der Waals surface area contributed by atoms with Crippen molar-refractivity contribution >= 4 is 5.97 Å². The van der Waals surface area contributed by atoms with Crippen LogP contribution < -0.4 is 0 Å². The molecule has 0 radical (unpaired) electrons. The van der Waals surface area contributed by atoms with E-state index in [4.69, 9.17) is 18.9 Å². The van der Waals surface area contributed by atoms with E-state index in [0.29, 0.717) is 12.8 Å². The summed E-state index contributed by atoms with van der Waals surface area (Å²) >= 11 is 0. The molecule has 13 heteroatoms. The molecule has 2 aliphatic heterocycles. The van der Waals surface area contributed by atoms with Gasteiger partial charge in [-0.2, -0.15) is 0 Å². The van der Waals surface area contributed by atoms with Gasteiger partial charge in [-0.15, -0.1) is 0 Å². The Kier molecular flexibility index (Phi) is 12.1. The van der Waals surface area contributed by atoms with Gasteiger partial charge >= 0.3 is 5.97 Å². The molecule has 15 unspecified atom stereocenters. The summed E-state index contributed by atoms with van der Waals surface area (Å²) in [4.78, 5) is 13.8. The normalized spacial score (nSPS) is 46.3. The van der Waals surface area contributed by atoms with Gasteiger partial charge in [-0.1, -0.05) is 38.8 Å². The van der Waals surface area contributed by atoms with Crippen molar-refractivity contribution in [1.82, 2.24) is 0 Å². The van der Waals surface area contributed by atoms with E-state index in [-0.39, 0.29) is 29.8 Å². The first-order valence-electron chi connectivity index (χ1n) is 16.3. The van der Waals surface area contributed by atoms with E-state index in [0.717, 1.165) is 44.1 Å². The van der Waals surface area contributed by atoms with Gasteiger partial charge < -0.3 is 59.8 Å². The third-order valence-corrected chi connectivity index (χ3v) is 11.2. The van der Waals surface area contributed by atoms with E-state index >= 15 is 0 Å². The van der Waals surface area contributed by atoms with Crippen LogP contribution in [-0.2, 0) is 23.7 Å². The molecule has 4 aliphatic rings. The van der Waals surface area contributed by atoms with Gasteiger partial charge in [0.25, 0.3) is 0 Å². The molecule has 260 valence electrons. The van der Waals surface area contributed by atoms with E-state index in [9.17, 15) is 45.6 Å². The van der Waals surface area contributed by atoms with Crippen LogP contribution in [-0.4, -0.2) is 128 Å². The van der Waals surface area contributed by atoms with Crippen LogP contribution in [0.25, 0.3) is 0 Å². The summed E-state index contributed by atoms with van der Waals surface area (Å²) in [5.41, 5.74) is 0.0453. The van der Waals surface area contributed by atoms with Gasteiger partial charge in [-0.05, 0) is 68.6 Å². The maximum Gasteiger partial charge on any atom is 0.314 e. The molecule has 0 aromatic heterocycles. The second-order valence-corrected chi connectivity index (χ2v) is 14.2. The summed E-state index contributed by atoms with van der Waals surface area (Å²) in [5.74, 6) is -0.174. The monoisotopic (exact) mass is 646 g/mol. The second-order valence-electron chi connectivity index (χ2n) is 14.2. The van der Waals surface area contributed by atoms with Crippen molar-refractivity contribution < 1.29 is 64.6 Å². The highest BCUT2D eigenvalue weighted by Crippen LogP contribution is 2.62. The van der Waals surface area contributed by atoms with E-state index < -0.39 is 86.0 Å². The van der Waals surface area contributed by atoms with Crippen LogP contribution in [0.3, 0.4) is 0 Å². The minimum absolute atomic E-state index is 0.0311. The Morgan fingerprint density at radius 2 is 1.47 bits per heavy atom. The Morgan fingerprint density at radius 1 is 0.889 bits per heavy atom. The van der Waals surface area contributed by atoms with Crippen molar-refractivity contribution in [3.05, 3.63) is 12.2 Å². The lowest BCUT2D eigenvalue weighted by atomic mass is 9.46. The van der Waals surface area contributed by atoms with Gasteiger partial charge in [0.15, 0.2) is 6.29 Å². The zero-order chi connectivity index (χ0) is 33.3. The number of fused-ring (bicyclic) bond motifs is 1. The maximum absolute atomic E-state index is 13.8. The lowest BCUT2D eigenvalue weighted by Gasteiger charge is -2.58. The zero-order valence-electron chi connectivity index (χ0n) is 26.6. The SMILES string of the molecule is C=C1CCC2C(C)(C(=O)OC3OC(CO)C(O)C(O)C3O)CCCC2(C)C1CCC(C)CCOC1OC(CO)C(O)C(O)C1O. The van der Waals surface area contributed by atoms with Gasteiger partial charge in [-0.25, -0.2) is 0 Å². The fourth-order valence-corrected chi connectivity index (χ4v) is 8.32. The molecule has 0 spiro atoms. The number of rotatable bonds is 11. The average Bonchev–Trinajstić information content (AvgIpc) is 3.00. The summed E-state index contributed by atoms with van der Waals surface area (Å²) in [6.45, 7) is 9.76. The molecule has 15 atom stereocenters. The summed E-state index contributed by atoms with van der Waals surface area (Å²) in [6, 6.07) is 0. The average molecular weight is 647 g/mol. The van der Waals surface area contributed by atoms with Crippen LogP contribution in [0.15, 0.2) is 12.2 Å². The molecule has 0 bridgehead atoms. The minimum atomic E-state index is -1.66. The van der Waals surface area contributed by atoms with Crippen molar-refractivity contribution in [2.45, 2.75) is 134 Å². The molecule has 0 amide bonds. The maximum atomic E-state index is 13.8. The second kappa shape index (κ2) is 14.9. The van der Waals surface area contributed by atoms with Crippen LogP contribution in [0.1, 0.15) is 72.1 Å². The van der Waals surface area contributed by atoms with E-state index in [1.807, 2.05) is 6.92 Å². The van der Waals surface area contributed by atoms with Crippen molar-refractivity contribution in [3.8, 4) is 0 Å². The number of carbonyl (C=O) groups is 1. The quantitative estimate of drug-likeness (QED) is 0.107.